The number of rotatable bonds is 4. The zero-order valence-electron chi connectivity index (χ0n) is 8.25. The summed E-state index contributed by atoms with van der Waals surface area (Å²) in [6.45, 7) is -0.254. The Labute approximate surface area is 90.9 Å². The van der Waals surface area contributed by atoms with Gasteiger partial charge in [-0.3, -0.25) is 4.79 Å². The summed E-state index contributed by atoms with van der Waals surface area (Å²) in [5.74, 6) is -0.632. The zero-order valence-corrected chi connectivity index (χ0v) is 8.25. The summed E-state index contributed by atoms with van der Waals surface area (Å²) in [4.78, 5) is 10.3. The smallest absolute Gasteiger partial charge is 0.323 e. The van der Waals surface area contributed by atoms with Crippen LogP contribution in [0.25, 0.3) is 11.5 Å². The maximum Gasteiger partial charge on any atom is 0.323 e. The van der Waals surface area contributed by atoms with Gasteiger partial charge in [0, 0.05) is 5.56 Å². The van der Waals surface area contributed by atoms with Gasteiger partial charge in [0.25, 0.3) is 0 Å². The van der Waals surface area contributed by atoms with E-state index in [2.05, 4.69) is 15.5 Å². The molecule has 16 heavy (non-hydrogen) atoms. The van der Waals surface area contributed by atoms with E-state index in [-0.39, 0.29) is 12.6 Å². The number of hydrogen-bond donors (Lipinski definition) is 2. The molecule has 0 spiro atoms. The van der Waals surface area contributed by atoms with Gasteiger partial charge in [0.05, 0.1) is 0 Å². The van der Waals surface area contributed by atoms with Crippen molar-refractivity contribution in [1.29, 1.82) is 0 Å². The fraction of sp³-hybridized carbons (Fsp3) is 0.100. The first kappa shape index (κ1) is 10.2. The monoisotopic (exact) mass is 219 g/mol. The van der Waals surface area contributed by atoms with Crippen LogP contribution in [0.5, 0.6) is 0 Å². The Bertz CT molecular complexity index is 481. The average molecular weight is 219 g/mol. The van der Waals surface area contributed by atoms with Crippen LogP contribution in [-0.4, -0.2) is 27.8 Å². The Morgan fingerprint density at radius 2 is 2.06 bits per heavy atom. The van der Waals surface area contributed by atoms with Crippen LogP contribution in [0.15, 0.2) is 34.7 Å². The van der Waals surface area contributed by atoms with E-state index >= 15 is 0 Å². The molecule has 6 nitrogen and oxygen atoms in total. The summed E-state index contributed by atoms with van der Waals surface area (Å²) < 4.78 is 5.22. The number of aromatic nitrogens is 2. The van der Waals surface area contributed by atoms with Gasteiger partial charge in [-0.15, -0.1) is 5.10 Å². The second-order valence-corrected chi connectivity index (χ2v) is 3.03. The largest absolute Gasteiger partial charge is 0.480 e. The summed E-state index contributed by atoms with van der Waals surface area (Å²) >= 11 is 0. The van der Waals surface area contributed by atoms with E-state index in [4.69, 9.17) is 9.52 Å². The molecule has 0 aliphatic heterocycles. The van der Waals surface area contributed by atoms with Gasteiger partial charge in [0.1, 0.15) is 6.54 Å². The van der Waals surface area contributed by atoms with E-state index in [1.807, 2.05) is 30.3 Å². The third-order valence-corrected chi connectivity index (χ3v) is 1.84. The topological polar surface area (TPSA) is 88.2 Å². The summed E-state index contributed by atoms with van der Waals surface area (Å²) in [6, 6.07) is 9.33. The van der Waals surface area contributed by atoms with Crippen molar-refractivity contribution in [1.82, 2.24) is 10.2 Å². The molecule has 0 unspecified atom stereocenters. The highest BCUT2D eigenvalue weighted by atomic mass is 16.4. The van der Waals surface area contributed by atoms with Crippen molar-refractivity contribution in [2.75, 3.05) is 11.9 Å². The second-order valence-electron chi connectivity index (χ2n) is 3.03. The lowest BCUT2D eigenvalue weighted by Gasteiger charge is -1.94. The molecule has 0 amide bonds. The maximum absolute atomic E-state index is 10.3. The predicted molar refractivity (Wildman–Crippen MR) is 55.9 cm³/mol. The minimum absolute atomic E-state index is 0.0984. The lowest BCUT2D eigenvalue weighted by molar-refractivity contribution is -0.134. The van der Waals surface area contributed by atoms with Crippen molar-refractivity contribution in [3.8, 4) is 11.5 Å². The summed E-state index contributed by atoms with van der Waals surface area (Å²) in [6.07, 6.45) is 0. The summed E-state index contributed by atoms with van der Waals surface area (Å²) in [5, 5.41) is 18.4. The van der Waals surface area contributed by atoms with Crippen LogP contribution >= 0.6 is 0 Å². The second kappa shape index (κ2) is 4.43. The van der Waals surface area contributed by atoms with Crippen LogP contribution in [0.1, 0.15) is 0 Å². The lowest BCUT2D eigenvalue weighted by atomic mass is 10.2. The molecule has 2 rings (SSSR count). The molecule has 0 saturated heterocycles. The van der Waals surface area contributed by atoms with Gasteiger partial charge in [0.15, 0.2) is 0 Å². The van der Waals surface area contributed by atoms with E-state index in [0.29, 0.717) is 5.89 Å². The average Bonchev–Trinajstić information content (AvgIpc) is 2.76. The molecule has 0 bridgehead atoms. The van der Waals surface area contributed by atoms with Crippen LogP contribution in [0.4, 0.5) is 6.01 Å². The van der Waals surface area contributed by atoms with Crippen molar-refractivity contribution < 1.29 is 14.3 Å². The zero-order chi connectivity index (χ0) is 11.4. The van der Waals surface area contributed by atoms with Crippen LogP contribution < -0.4 is 5.32 Å². The number of carboxylic acids is 1. The van der Waals surface area contributed by atoms with E-state index in [1.165, 1.54) is 0 Å². The molecule has 2 aromatic rings. The van der Waals surface area contributed by atoms with Crippen molar-refractivity contribution in [2.24, 2.45) is 0 Å². The molecule has 82 valence electrons. The Hall–Kier alpha value is -2.37. The van der Waals surface area contributed by atoms with Crippen LogP contribution in [0.3, 0.4) is 0 Å². The van der Waals surface area contributed by atoms with Crippen molar-refractivity contribution in [2.45, 2.75) is 0 Å². The SMILES string of the molecule is O=C(O)CNc1nnc(-c2ccccc2)o1. The van der Waals surface area contributed by atoms with Crippen LogP contribution in [0.2, 0.25) is 0 Å². The van der Waals surface area contributed by atoms with E-state index in [1.54, 1.807) is 0 Å². The predicted octanol–water partition coefficient (Wildman–Crippen LogP) is 1.23. The highest BCUT2D eigenvalue weighted by molar-refractivity contribution is 5.71. The molecule has 1 heterocycles. The van der Waals surface area contributed by atoms with Gasteiger partial charge in [-0.1, -0.05) is 23.3 Å². The molecule has 0 aliphatic carbocycles. The molecule has 1 aromatic carbocycles. The number of benzene rings is 1. The maximum atomic E-state index is 10.3. The van der Waals surface area contributed by atoms with Gasteiger partial charge < -0.3 is 14.8 Å². The minimum Gasteiger partial charge on any atom is -0.480 e. The fourth-order valence-corrected chi connectivity index (χ4v) is 1.14. The molecular formula is C10H9N3O3. The molecule has 0 aliphatic rings. The van der Waals surface area contributed by atoms with Crippen LogP contribution in [-0.2, 0) is 4.79 Å². The van der Waals surface area contributed by atoms with Gasteiger partial charge in [0.2, 0.25) is 5.89 Å². The molecule has 0 radical (unpaired) electrons. The Kier molecular flexibility index (Phi) is 2.81. The number of nitrogens with one attached hydrogen (secondary N) is 1. The molecule has 0 fully saturated rings. The Morgan fingerprint density at radius 1 is 1.31 bits per heavy atom. The number of carbonyl (C=O) groups is 1. The third-order valence-electron chi connectivity index (χ3n) is 1.84. The van der Waals surface area contributed by atoms with Gasteiger partial charge in [-0.2, -0.15) is 0 Å². The first-order valence-electron chi connectivity index (χ1n) is 4.60. The van der Waals surface area contributed by atoms with Crippen molar-refractivity contribution in [3.63, 3.8) is 0 Å². The number of carboxylic acid groups (broad SMARTS) is 1. The summed E-state index contributed by atoms with van der Waals surface area (Å²) in [5.41, 5.74) is 0.790. The molecule has 0 saturated carbocycles. The first-order valence-corrected chi connectivity index (χ1v) is 4.60. The number of hydrogen-bond acceptors (Lipinski definition) is 5. The number of nitrogens with zero attached hydrogens (tertiary/aromatic N) is 2. The Morgan fingerprint density at radius 3 is 2.75 bits per heavy atom. The summed E-state index contributed by atoms with van der Waals surface area (Å²) in [7, 11) is 0. The molecular weight excluding hydrogens is 210 g/mol. The Balaban J connectivity index is 2.11. The normalized spacial score (nSPS) is 10.0. The lowest BCUT2D eigenvalue weighted by Crippen LogP contribution is -2.12. The first-order chi connectivity index (χ1) is 7.75. The van der Waals surface area contributed by atoms with Gasteiger partial charge >= 0.3 is 12.0 Å². The van der Waals surface area contributed by atoms with Gasteiger partial charge in [-0.05, 0) is 12.1 Å². The number of anilines is 1. The molecule has 6 heteroatoms. The quantitative estimate of drug-likeness (QED) is 0.804. The molecule has 1 aromatic heterocycles. The number of aliphatic carboxylic acids is 1. The van der Waals surface area contributed by atoms with E-state index in [0.717, 1.165) is 5.56 Å². The molecule has 0 atom stereocenters. The van der Waals surface area contributed by atoms with Crippen LogP contribution in [0, 0.1) is 0 Å². The van der Waals surface area contributed by atoms with Gasteiger partial charge in [-0.25, -0.2) is 0 Å². The fourth-order valence-electron chi connectivity index (χ4n) is 1.14. The third kappa shape index (κ3) is 2.35. The van der Waals surface area contributed by atoms with E-state index < -0.39 is 5.97 Å². The van der Waals surface area contributed by atoms with E-state index in [9.17, 15) is 4.79 Å². The van der Waals surface area contributed by atoms with Crippen molar-refractivity contribution in [3.05, 3.63) is 30.3 Å². The minimum atomic E-state index is -0.987. The highest BCUT2D eigenvalue weighted by Gasteiger charge is 2.08. The molecule has 2 N–H and O–H groups in total. The highest BCUT2D eigenvalue weighted by Crippen LogP contribution is 2.18. The van der Waals surface area contributed by atoms with Crippen molar-refractivity contribution >= 4 is 12.0 Å². The standard InChI is InChI=1S/C10H9N3O3/c14-8(15)6-11-10-13-12-9(16-10)7-4-2-1-3-5-7/h1-5H,6H2,(H,11,13)(H,14,15).